The van der Waals surface area contributed by atoms with E-state index in [-0.39, 0.29) is 47.8 Å². The number of aliphatic hydroxyl groups is 3. The van der Waals surface area contributed by atoms with Crippen LogP contribution in [0.2, 0.25) is 0 Å². The fourth-order valence-electron chi connectivity index (χ4n) is 5.06. The molecule has 0 spiro atoms. The zero-order valence-corrected chi connectivity index (χ0v) is 26.0. The maximum atomic E-state index is 13.6. The molecule has 0 aromatic rings. The van der Waals surface area contributed by atoms with Crippen LogP contribution in [0.5, 0.6) is 0 Å². The summed E-state index contributed by atoms with van der Waals surface area (Å²) >= 11 is 0. The molecule has 2 aliphatic rings. The molecule has 1 aliphatic carbocycles. The Morgan fingerprint density at radius 1 is 1.18 bits per heavy atom. The highest BCUT2D eigenvalue weighted by Gasteiger charge is 2.33. The van der Waals surface area contributed by atoms with Crippen LogP contribution < -0.4 is 16.4 Å². The van der Waals surface area contributed by atoms with Gasteiger partial charge in [0.15, 0.2) is 6.10 Å². The van der Waals surface area contributed by atoms with E-state index in [9.17, 15) is 34.5 Å². The minimum Gasteiger partial charge on any atom is -0.439 e. The van der Waals surface area contributed by atoms with Crippen molar-refractivity contribution in [2.45, 2.75) is 71.1 Å². The second-order valence-corrected chi connectivity index (χ2v) is 11.1. The second-order valence-electron chi connectivity index (χ2n) is 11.1. The van der Waals surface area contributed by atoms with Crippen LogP contribution in [0, 0.1) is 11.8 Å². The molecular weight excluding hydrogens is 574 g/mol. The first-order valence-electron chi connectivity index (χ1n) is 14.3. The Hall–Kier alpha value is -3.62. The third-order valence-electron chi connectivity index (χ3n) is 7.52. The maximum absolute atomic E-state index is 13.6. The fourth-order valence-corrected chi connectivity index (χ4v) is 5.06. The maximum Gasteiger partial charge on any atom is 0.405 e. The molecule has 2 amide bonds. The molecule has 1 unspecified atom stereocenters. The second kappa shape index (κ2) is 17.0. The number of carbonyl (C=O) groups excluding carboxylic acids is 4. The topological polar surface area (TPSA) is 207 Å². The lowest BCUT2D eigenvalue weighted by Crippen LogP contribution is -2.39. The van der Waals surface area contributed by atoms with Gasteiger partial charge in [-0.2, -0.15) is 0 Å². The first-order chi connectivity index (χ1) is 20.7. The lowest BCUT2D eigenvalue weighted by molar-refractivity contribution is -0.120. The van der Waals surface area contributed by atoms with Crippen molar-refractivity contribution < 1.29 is 48.7 Å². The molecular formula is C31H45N3O10. The Labute approximate surface area is 257 Å². The van der Waals surface area contributed by atoms with Crippen LogP contribution in [0.15, 0.2) is 58.5 Å². The number of Topliss-reactive ketones (excluding diaryl/α,β-unsaturated/α-hetero) is 1. The third kappa shape index (κ3) is 9.96. The number of carbonyl (C=O) groups is 4. The van der Waals surface area contributed by atoms with E-state index in [1.807, 2.05) is 6.92 Å². The normalized spacial score (nSPS) is 31.6. The molecule has 2 bridgehead atoms. The Kier molecular flexibility index (Phi) is 14.1. The van der Waals surface area contributed by atoms with E-state index in [1.54, 1.807) is 26.0 Å². The highest BCUT2D eigenvalue weighted by atomic mass is 16.6. The number of rotatable bonds is 7. The van der Waals surface area contributed by atoms with Gasteiger partial charge in [0.05, 0.1) is 36.3 Å². The number of nitrogens with two attached hydrogens (primary N) is 1. The van der Waals surface area contributed by atoms with Crippen molar-refractivity contribution in [3.8, 4) is 0 Å². The van der Waals surface area contributed by atoms with Gasteiger partial charge in [-0.25, -0.2) is 4.79 Å². The molecule has 244 valence electrons. The molecule has 7 N–H and O–H groups in total. The number of aliphatic hydroxyl groups excluding tert-OH is 3. The molecule has 1 heterocycles. The number of hydrogen-bond donors (Lipinski definition) is 6. The van der Waals surface area contributed by atoms with Gasteiger partial charge in [-0.1, -0.05) is 38.2 Å². The minimum atomic E-state index is -1.17. The average Bonchev–Trinajstić information content (AvgIpc) is 2.97. The summed E-state index contributed by atoms with van der Waals surface area (Å²) in [4.78, 5) is 51.5. The smallest absolute Gasteiger partial charge is 0.405 e. The summed E-state index contributed by atoms with van der Waals surface area (Å²) in [5.41, 5.74) is 5.92. The quantitative estimate of drug-likeness (QED) is 0.173. The third-order valence-corrected chi connectivity index (χ3v) is 7.52. The monoisotopic (exact) mass is 619 g/mol. The molecule has 0 aromatic heterocycles. The summed E-state index contributed by atoms with van der Waals surface area (Å²) in [6, 6.07) is 0. The molecule has 0 saturated carbocycles. The number of hydrogen-bond acceptors (Lipinski definition) is 11. The summed E-state index contributed by atoms with van der Waals surface area (Å²) in [5.74, 6) is -2.58. The van der Waals surface area contributed by atoms with Crippen LogP contribution >= 0.6 is 0 Å². The van der Waals surface area contributed by atoms with E-state index in [0.29, 0.717) is 5.57 Å². The van der Waals surface area contributed by atoms with Crippen molar-refractivity contribution in [2.24, 2.45) is 17.6 Å². The zero-order valence-electron chi connectivity index (χ0n) is 26.0. The molecule has 0 aromatic carbocycles. The lowest BCUT2D eigenvalue weighted by Gasteiger charge is -2.30. The number of methoxy groups -OCH3 is 2. The minimum absolute atomic E-state index is 0.0408. The molecule has 7 atom stereocenters. The van der Waals surface area contributed by atoms with Crippen molar-refractivity contribution >= 4 is 23.6 Å². The molecule has 2 rings (SSSR count). The molecule has 0 saturated heterocycles. The Bertz CT molecular complexity index is 1230. The number of allylic oxidation sites excluding steroid dienone is 4. The first kappa shape index (κ1) is 36.6. The predicted octanol–water partition coefficient (Wildman–Crippen LogP) is 0.705. The highest BCUT2D eigenvalue weighted by molar-refractivity contribution is 6.23. The first-order valence-corrected chi connectivity index (χ1v) is 14.3. The van der Waals surface area contributed by atoms with E-state index in [0.717, 1.165) is 6.08 Å². The fraction of sp³-hybridized carbons (Fsp3) is 0.548. The Morgan fingerprint density at radius 3 is 2.45 bits per heavy atom. The summed E-state index contributed by atoms with van der Waals surface area (Å²) in [5, 5.41) is 35.6. The number of nitrogens with one attached hydrogen (secondary N) is 2. The van der Waals surface area contributed by atoms with Gasteiger partial charge >= 0.3 is 6.09 Å². The SMILES string of the molecule is CO[C@H]1/C=C/C=C(/C)C(=O)NC2=CC(=O)C(NCC(O)CO)=C(C[C@@H](C)C[C@H](OC)[C@H](O)[C@@H](C)/C=C(\C)[C@@H]1OC(N)=O)C2=O. The standard InChI is InChI=1S/C31H45N3O10/c1-16-10-21-26(33-14-20(36)15-35)23(37)13-22(28(21)39)34-30(40)17(2)8-7-9-24(42-5)29(44-31(32)41)19(4)12-18(3)27(38)25(11-16)43-6/h7-9,12-13,16,18,20,24-25,27,29,33,35-36,38H,10-11,14-15H2,1-6H3,(H2,32,41)(H,34,40)/b9-7+,17-8-,19-12+/t16-,18+,20?,24+,25+,27-,29+/m1/s1. The highest BCUT2D eigenvalue weighted by Crippen LogP contribution is 2.29. The number of ketones is 2. The van der Waals surface area contributed by atoms with Crippen LogP contribution in [0.1, 0.15) is 40.5 Å². The Balaban J connectivity index is 2.62. The largest absolute Gasteiger partial charge is 0.439 e. The van der Waals surface area contributed by atoms with Crippen LogP contribution in [-0.2, 0) is 28.6 Å². The summed E-state index contributed by atoms with van der Waals surface area (Å²) in [6.45, 7) is 6.09. The van der Waals surface area contributed by atoms with Gasteiger partial charge < -0.3 is 45.9 Å². The molecule has 44 heavy (non-hydrogen) atoms. The lowest BCUT2D eigenvalue weighted by atomic mass is 9.85. The molecule has 13 heteroatoms. The number of primary amides is 1. The molecule has 13 nitrogen and oxygen atoms in total. The zero-order chi connectivity index (χ0) is 33.1. The average molecular weight is 620 g/mol. The van der Waals surface area contributed by atoms with E-state index < -0.39 is 66.6 Å². The molecule has 0 fully saturated rings. The van der Waals surface area contributed by atoms with Gasteiger partial charge in [-0.15, -0.1) is 0 Å². The van der Waals surface area contributed by atoms with E-state index in [1.165, 1.54) is 33.3 Å². The number of amides is 2. The van der Waals surface area contributed by atoms with Crippen molar-refractivity contribution in [1.82, 2.24) is 10.6 Å². The van der Waals surface area contributed by atoms with E-state index in [2.05, 4.69) is 10.6 Å². The van der Waals surface area contributed by atoms with Crippen LogP contribution in [0.25, 0.3) is 0 Å². The number of ether oxygens (including phenoxy) is 3. The molecule has 1 aliphatic heterocycles. The Morgan fingerprint density at radius 2 is 1.86 bits per heavy atom. The van der Waals surface area contributed by atoms with Crippen LogP contribution in [-0.4, -0.2) is 96.8 Å². The van der Waals surface area contributed by atoms with Crippen molar-refractivity contribution in [3.05, 3.63) is 58.5 Å². The summed E-state index contributed by atoms with van der Waals surface area (Å²) in [7, 11) is 2.86. The van der Waals surface area contributed by atoms with Gasteiger partial charge in [0.25, 0.3) is 5.91 Å². The predicted molar refractivity (Wildman–Crippen MR) is 161 cm³/mol. The van der Waals surface area contributed by atoms with Crippen molar-refractivity contribution in [2.75, 3.05) is 27.4 Å². The molecule has 0 radical (unpaired) electrons. The summed E-state index contributed by atoms with van der Waals surface area (Å²) in [6.07, 6.45) is 2.00. The van der Waals surface area contributed by atoms with Gasteiger partial charge in [0, 0.05) is 43.9 Å². The van der Waals surface area contributed by atoms with Crippen molar-refractivity contribution in [3.63, 3.8) is 0 Å². The van der Waals surface area contributed by atoms with E-state index in [4.69, 9.17) is 19.9 Å². The van der Waals surface area contributed by atoms with Crippen molar-refractivity contribution in [1.29, 1.82) is 0 Å². The number of fused-ring (bicyclic) bond motifs is 2. The van der Waals surface area contributed by atoms with Gasteiger partial charge in [0.2, 0.25) is 11.6 Å². The summed E-state index contributed by atoms with van der Waals surface area (Å²) < 4.78 is 16.5. The van der Waals surface area contributed by atoms with Gasteiger partial charge in [0.1, 0.15) is 6.10 Å². The van der Waals surface area contributed by atoms with Crippen LogP contribution in [0.4, 0.5) is 4.79 Å². The van der Waals surface area contributed by atoms with Gasteiger partial charge in [-0.3, -0.25) is 14.4 Å². The van der Waals surface area contributed by atoms with Gasteiger partial charge in [-0.05, 0) is 38.2 Å². The van der Waals surface area contributed by atoms with Crippen LogP contribution in [0.3, 0.4) is 0 Å². The van der Waals surface area contributed by atoms with E-state index >= 15 is 0 Å².